The quantitative estimate of drug-likeness (QED) is 0.700. The van der Waals surface area contributed by atoms with Gasteiger partial charge in [-0.15, -0.1) is 0 Å². The fourth-order valence-corrected chi connectivity index (χ4v) is 1.21. The molecule has 1 aromatic heterocycles. The van der Waals surface area contributed by atoms with Gasteiger partial charge in [-0.1, -0.05) is 12.1 Å². The lowest BCUT2D eigenvalue weighted by molar-refractivity contribution is 0.111. The topological polar surface area (TPSA) is 42.9 Å². The molecule has 3 nitrogen and oxygen atoms in total. The van der Waals surface area contributed by atoms with Crippen molar-refractivity contribution in [2.45, 2.75) is 0 Å². The van der Waals surface area contributed by atoms with Crippen molar-refractivity contribution >= 4 is 6.29 Å². The van der Waals surface area contributed by atoms with Crippen LogP contribution in [0.25, 0.3) is 11.4 Å². The standard InChI is InChI=1S/C11H7FN2O/c12-10-4-2-1-3-9(10)11-13-6-5-8(7-15)14-11/h1-7H. The van der Waals surface area contributed by atoms with E-state index in [0.717, 1.165) is 0 Å². The Morgan fingerprint density at radius 3 is 2.73 bits per heavy atom. The van der Waals surface area contributed by atoms with Crippen molar-refractivity contribution in [1.82, 2.24) is 9.97 Å². The van der Waals surface area contributed by atoms with E-state index in [1.54, 1.807) is 18.2 Å². The normalized spacial score (nSPS) is 9.93. The van der Waals surface area contributed by atoms with Crippen LogP contribution < -0.4 is 0 Å². The summed E-state index contributed by atoms with van der Waals surface area (Å²) in [6.45, 7) is 0. The van der Waals surface area contributed by atoms with Gasteiger partial charge in [-0.3, -0.25) is 4.79 Å². The summed E-state index contributed by atoms with van der Waals surface area (Å²) in [5.74, 6) is -0.182. The van der Waals surface area contributed by atoms with Gasteiger partial charge in [0.2, 0.25) is 0 Å². The minimum Gasteiger partial charge on any atom is -0.296 e. The Bertz CT molecular complexity index is 499. The Hall–Kier alpha value is -2.10. The second-order valence-electron chi connectivity index (χ2n) is 2.90. The van der Waals surface area contributed by atoms with Gasteiger partial charge >= 0.3 is 0 Å². The molecule has 0 fully saturated rings. The van der Waals surface area contributed by atoms with Gasteiger partial charge < -0.3 is 0 Å². The van der Waals surface area contributed by atoms with E-state index < -0.39 is 5.82 Å². The minimum atomic E-state index is -0.402. The maximum atomic E-state index is 13.3. The van der Waals surface area contributed by atoms with Crippen molar-refractivity contribution in [3.05, 3.63) is 48.0 Å². The SMILES string of the molecule is O=Cc1ccnc(-c2ccccc2F)n1. The first-order valence-corrected chi connectivity index (χ1v) is 4.34. The van der Waals surface area contributed by atoms with E-state index in [2.05, 4.69) is 9.97 Å². The van der Waals surface area contributed by atoms with Crippen LogP contribution in [0.2, 0.25) is 0 Å². The number of rotatable bonds is 2. The number of hydrogen-bond acceptors (Lipinski definition) is 3. The Labute approximate surface area is 85.6 Å². The van der Waals surface area contributed by atoms with E-state index in [4.69, 9.17) is 0 Å². The van der Waals surface area contributed by atoms with E-state index >= 15 is 0 Å². The van der Waals surface area contributed by atoms with Crippen molar-refractivity contribution in [2.75, 3.05) is 0 Å². The summed E-state index contributed by atoms with van der Waals surface area (Å²) in [6.07, 6.45) is 2.03. The second-order valence-corrected chi connectivity index (χ2v) is 2.90. The molecule has 0 N–H and O–H groups in total. The smallest absolute Gasteiger partial charge is 0.168 e. The zero-order chi connectivity index (χ0) is 10.7. The highest BCUT2D eigenvalue weighted by Gasteiger charge is 2.06. The van der Waals surface area contributed by atoms with Crippen LogP contribution in [0.15, 0.2) is 36.5 Å². The monoisotopic (exact) mass is 202 g/mol. The number of aromatic nitrogens is 2. The fourth-order valence-electron chi connectivity index (χ4n) is 1.21. The van der Waals surface area contributed by atoms with E-state index in [-0.39, 0.29) is 11.5 Å². The average Bonchev–Trinajstić information content (AvgIpc) is 2.30. The number of carbonyl (C=O) groups excluding carboxylic acids is 1. The zero-order valence-electron chi connectivity index (χ0n) is 7.72. The lowest BCUT2D eigenvalue weighted by Crippen LogP contribution is -1.95. The number of aldehydes is 1. The van der Waals surface area contributed by atoms with Crippen LogP contribution in [-0.4, -0.2) is 16.3 Å². The molecule has 0 saturated heterocycles. The van der Waals surface area contributed by atoms with E-state index in [0.29, 0.717) is 11.8 Å². The van der Waals surface area contributed by atoms with Gasteiger partial charge in [-0.25, -0.2) is 14.4 Å². The number of carbonyl (C=O) groups is 1. The molecule has 1 heterocycles. The third-order valence-corrected chi connectivity index (χ3v) is 1.91. The van der Waals surface area contributed by atoms with Crippen molar-refractivity contribution < 1.29 is 9.18 Å². The first-order chi connectivity index (χ1) is 7.31. The molecular formula is C11H7FN2O. The molecule has 4 heteroatoms. The Morgan fingerprint density at radius 2 is 2.00 bits per heavy atom. The van der Waals surface area contributed by atoms with Gasteiger partial charge in [0.25, 0.3) is 0 Å². The van der Waals surface area contributed by atoms with E-state index in [9.17, 15) is 9.18 Å². The molecule has 0 saturated carbocycles. The van der Waals surface area contributed by atoms with E-state index in [1.807, 2.05) is 0 Å². The maximum absolute atomic E-state index is 13.3. The van der Waals surface area contributed by atoms with Crippen LogP contribution >= 0.6 is 0 Å². The third-order valence-electron chi connectivity index (χ3n) is 1.91. The van der Waals surface area contributed by atoms with Crippen molar-refractivity contribution in [1.29, 1.82) is 0 Å². The van der Waals surface area contributed by atoms with Gasteiger partial charge in [-0.05, 0) is 18.2 Å². The van der Waals surface area contributed by atoms with Gasteiger partial charge in [-0.2, -0.15) is 0 Å². The Kier molecular flexibility index (Phi) is 2.49. The molecular weight excluding hydrogens is 195 g/mol. The molecule has 0 radical (unpaired) electrons. The highest BCUT2D eigenvalue weighted by molar-refractivity contribution is 5.72. The largest absolute Gasteiger partial charge is 0.296 e. The van der Waals surface area contributed by atoms with Crippen molar-refractivity contribution in [2.24, 2.45) is 0 Å². The highest BCUT2D eigenvalue weighted by atomic mass is 19.1. The molecule has 15 heavy (non-hydrogen) atoms. The average molecular weight is 202 g/mol. The highest BCUT2D eigenvalue weighted by Crippen LogP contribution is 2.17. The summed E-state index contributed by atoms with van der Waals surface area (Å²) < 4.78 is 13.3. The minimum absolute atomic E-state index is 0.220. The molecule has 2 rings (SSSR count). The van der Waals surface area contributed by atoms with Crippen molar-refractivity contribution in [3.63, 3.8) is 0 Å². The number of nitrogens with zero attached hydrogens (tertiary/aromatic N) is 2. The summed E-state index contributed by atoms with van der Waals surface area (Å²) in [5, 5.41) is 0. The predicted molar refractivity (Wildman–Crippen MR) is 52.8 cm³/mol. The lowest BCUT2D eigenvalue weighted by atomic mass is 10.2. The molecule has 0 bridgehead atoms. The van der Waals surface area contributed by atoms with Gasteiger partial charge in [0.15, 0.2) is 12.1 Å². The zero-order valence-corrected chi connectivity index (χ0v) is 7.72. The fraction of sp³-hybridized carbons (Fsp3) is 0. The molecule has 0 spiro atoms. The summed E-state index contributed by atoms with van der Waals surface area (Å²) in [5.41, 5.74) is 0.532. The van der Waals surface area contributed by atoms with Gasteiger partial charge in [0.05, 0.1) is 5.56 Å². The molecule has 0 aliphatic carbocycles. The molecule has 74 valence electrons. The van der Waals surface area contributed by atoms with Crippen LogP contribution in [0.1, 0.15) is 10.5 Å². The van der Waals surface area contributed by atoms with Gasteiger partial charge in [0.1, 0.15) is 11.5 Å². The summed E-state index contributed by atoms with van der Waals surface area (Å²) in [7, 11) is 0. The molecule has 0 unspecified atom stereocenters. The van der Waals surface area contributed by atoms with E-state index in [1.165, 1.54) is 18.3 Å². The molecule has 0 amide bonds. The van der Waals surface area contributed by atoms with Gasteiger partial charge in [0, 0.05) is 6.20 Å². The van der Waals surface area contributed by atoms with Crippen LogP contribution in [0, 0.1) is 5.82 Å². The Balaban J connectivity index is 2.54. The van der Waals surface area contributed by atoms with Crippen LogP contribution in [-0.2, 0) is 0 Å². The molecule has 0 aliphatic heterocycles. The summed E-state index contributed by atoms with van der Waals surface area (Å²) >= 11 is 0. The predicted octanol–water partition coefficient (Wildman–Crippen LogP) is 2.10. The van der Waals surface area contributed by atoms with Crippen LogP contribution in [0.4, 0.5) is 4.39 Å². The summed E-state index contributed by atoms with van der Waals surface area (Å²) in [4.78, 5) is 18.3. The van der Waals surface area contributed by atoms with Crippen LogP contribution in [0.3, 0.4) is 0 Å². The lowest BCUT2D eigenvalue weighted by Gasteiger charge is -2.00. The first-order valence-electron chi connectivity index (χ1n) is 4.34. The molecule has 2 aromatic rings. The second kappa shape index (κ2) is 3.96. The molecule has 0 atom stereocenters. The maximum Gasteiger partial charge on any atom is 0.168 e. The molecule has 0 aliphatic rings. The number of halogens is 1. The molecule has 1 aromatic carbocycles. The third kappa shape index (κ3) is 1.88. The van der Waals surface area contributed by atoms with Crippen molar-refractivity contribution in [3.8, 4) is 11.4 Å². The van der Waals surface area contributed by atoms with Crippen LogP contribution in [0.5, 0.6) is 0 Å². The Morgan fingerprint density at radius 1 is 1.20 bits per heavy atom. The number of benzene rings is 1. The summed E-state index contributed by atoms with van der Waals surface area (Å²) in [6, 6.07) is 7.64. The first kappa shape index (κ1) is 9.45. The number of hydrogen-bond donors (Lipinski definition) is 0.